The number of carbonyl (C=O) groups excluding carboxylic acids is 1. The van der Waals surface area contributed by atoms with E-state index in [1.165, 1.54) is 0 Å². The zero-order valence-corrected chi connectivity index (χ0v) is 13.9. The molecular formula is C17H19BrN2O. The molecule has 0 saturated carbocycles. The second kappa shape index (κ2) is 7.36. The SMILES string of the molecule is CC(C)CC(=O)N(Cc1ccccn1)c1ccc(Br)cc1. The van der Waals surface area contributed by atoms with Gasteiger partial charge in [-0.05, 0) is 42.3 Å². The molecule has 110 valence electrons. The van der Waals surface area contributed by atoms with E-state index in [0.717, 1.165) is 15.9 Å². The van der Waals surface area contributed by atoms with Crippen molar-refractivity contribution in [3.8, 4) is 0 Å². The Morgan fingerprint density at radius 1 is 1.19 bits per heavy atom. The number of rotatable bonds is 5. The minimum atomic E-state index is 0.123. The number of benzene rings is 1. The summed E-state index contributed by atoms with van der Waals surface area (Å²) in [6.07, 6.45) is 2.28. The molecule has 0 atom stereocenters. The lowest BCUT2D eigenvalue weighted by molar-refractivity contribution is -0.119. The summed E-state index contributed by atoms with van der Waals surface area (Å²) in [5, 5.41) is 0. The zero-order valence-electron chi connectivity index (χ0n) is 12.3. The lowest BCUT2D eigenvalue weighted by Gasteiger charge is -2.23. The number of carbonyl (C=O) groups is 1. The maximum absolute atomic E-state index is 12.5. The molecule has 0 fully saturated rings. The van der Waals surface area contributed by atoms with E-state index in [2.05, 4.69) is 34.8 Å². The summed E-state index contributed by atoms with van der Waals surface area (Å²) >= 11 is 3.42. The molecule has 0 spiro atoms. The van der Waals surface area contributed by atoms with Crippen LogP contribution in [0.4, 0.5) is 5.69 Å². The van der Waals surface area contributed by atoms with Gasteiger partial charge in [0.1, 0.15) is 0 Å². The van der Waals surface area contributed by atoms with Gasteiger partial charge in [0.15, 0.2) is 0 Å². The second-order valence-corrected chi connectivity index (χ2v) is 6.29. The number of hydrogen-bond donors (Lipinski definition) is 0. The molecule has 0 aliphatic carbocycles. The van der Waals surface area contributed by atoms with E-state index in [1.54, 1.807) is 11.1 Å². The third-order valence-corrected chi connectivity index (χ3v) is 3.60. The molecule has 1 amide bonds. The van der Waals surface area contributed by atoms with Crippen LogP contribution in [-0.4, -0.2) is 10.9 Å². The minimum absolute atomic E-state index is 0.123. The van der Waals surface area contributed by atoms with E-state index >= 15 is 0 Å². The molecule has 0 saturated heterocycles. The van der Waals surface area contributed by atoms with E-state index in [1.807, 2.05) is 42.5 Å². The lowest BCUT2D eigenvalue weighted by Crippen LogP contribution is -2.31. The highest BCUT2D eigenvalue weighted by atomic mass is 79.9. The number of hydrogen-bond acceptors (Lipinski definition) is 2. The fourth-order valence-electron chi connectivity index (χ4n) is 2.06. The number of amides is 1. The van der Waals surface area contributed by atoms with Crippen molar-refractivity contribution in [2.24, 2.45) is 5.92 Å². The van der Waals surface area contributed by atoms with Gasteiger partial charge >= 0.3 is 0 Å². The molecule has 21 heavy (non-hydrogen) atoms. The summed E-state index contributed by atoms with van der Waals surface area (Å²) < 4.78 is 1.00. The van der Waals surface area contributed by atoms with Crippen LogP contribution in [0.1, 0.15) is 26.0 Å². The van der Waals surface area contributed by atoms with Gasteiger partial charge in [-0.15, -0.1) is 0 Å². The van der Waals surface area contributed by atoms with Crippen molar-refractivity contribution in [1.29, 1.82) is 0 Å². The van der Waals surface area contributed by atoms with Crippen molar-refractivity contribution >= 4 is 27.5 Å². The Morgan fingerprint density at radius 2 is 1.90 bits per heavy atom. The third-order valence-electron chi connectivity index (χ3n) is 3.07. The summed E-state index contributed by atoms with van der Waals surface area (Å²) in [7, 11) is 0. The molecule has 2 aromatic rings. The molecule has 0 N–H and O–H groups in total. The van der Waals surface area contributed by atoms with Crippen LogP contribution in [0.25, 0.3) is 0 Å². The van der Waals surface area contributed by atoms with Crippen LogP contribution in [0.5, 0.6) is 0 Å². The van der Waals surface area contributed by atoms with Crippen molar-refractivity contribution in [2.75, 3.05) is 4.90 Å². The van der Waals surface area contributed by atoms with Crippen LogP contribution < -0.4 is 4.90 Å². The highest BCUT2D eigenvalue weighted by Crippen LogP contribution is 2.22. The molecule has 1 aromatic carbocycles. The average Bonchev–Trinajstić information content (AvgIpc) is 2.46. The van der Waals surface area contributed by atoms with E-state index in [4.69, 9.17) is 0 Å². The maximum Gasteiger partial charge on any atom is 0.227 e. The molecule has 4 heteroatoms. The Morgan fingerprint density at radius 3 is 2.48 bits per heavy atom. The van der Waals surface area contributed by atoms with Crippen molar-refractivity contribution in [3.63, 3.8) is 0 Å². The van der Waals surface area contributed by atoms with Gasteiger partial charge in [-0.25, -0.2) is 0 Å². The monoisotopic (exact) mass is 346 g/mol. The quantitative estimate of drug-likeness (QED) is 0.802. The topological polar surface area (TPSA) is 33.2 Å². The van der Waals surface area contributed by atoms with Gasteiger partial charge in [0, 0.05) is 22.8 Å². The summed E-state index contributed by atoms with van der Waals surface area (Å²) in [4.78, 5) is 18.7. The fraction of sp³-hybridized carbons (Fsp3) is 0.294. The van der Waals surface area contributed by atoms with E-state index < -0.39 is 0 Å². The van der Waals surface area contributed by atoms with Gasteiger partial charge in [0.25, 0.3) is 0 Å². The Balaban J connectivity index is 2.25. The molecule has 3 nitrogen and oxygen atoms in total. The Labute approximate surface area is 134 Å². The first-order valence-corrected chi connectivity index (χ1v) is 7.81. The highest BCUT2D eigenvalue weighted by molar-refractivity contribution is 9.10. The number of halogens is 1. The van der Waals surface area contributed by atoms with Crippen molar-refractivity contribution < 1.29 is 4.79 Å². The van der Waals surface area contributed by atoms with E-state index in [0.29, 0.717) is 18.9 Å². The van der Waals surface area contributed by atoms with Crippen LogP contribution >= 0.6 is 15.9 Å². The molecule has 0 radical (unpaired) electrons. The average molecular weight is 347 g/mol. The largest absolute Gasteiger partial charge is 0.306 e. The summed E-state index contributed by atoms with van der Waals surface area (Å²) in [5.41, 5.74) is 1.78. The Kier molecular flexibility index (Phi) is 5.51. The molecule has 1 heterocycles. The first-order chi connectivity index (χ1) is 10.1. The predicted octanol–water partition coefficient (Wildman–Crippen LogP) is 4.42. The molecule has 0 unspecified atom stereocenters. The lowest BCUT2D eigenvalue weighted by atomic mass is 10.1. The summed E-state index contributed by atoms with van der Waals surface area (Å²) in [5.74, 6) is 0.456. The van der Waals surface area contributed by atoms with Crippen LogP contribution in [-0.2, 0) is 11.3 Å². The highest BCUT2D eigenvalue weighted by Gasteiger charge is 2.17. The first kappa shape index (κ1) is 15.7. The smallest absolute Gasteiger partial charge is 0.227 e. The zero-order chi connectivity index (χ0) is 15.2. The Hall–Kier alpha value is -1.68. The summed E-state index contributed by atoms with van der Waals surface area (Å²) in [6.45, 7) is 4.60. The molecule has 1 aromatic heterocycles. The van der Waals surface area contributed by atoms with Gasteiger partial charge in [-0.3, -0.25) is 9.78 Å². The van der Waals surface area contributed by atoms with Crippen molar-refractivity contribution in [3.05, 3.63) is 58.8 Å². The van der Waals surface area contributed by atoms with Crippen molar-refractivity contribution in [2.45, 2.75) is 26.8 Å². The van der Waals surface area contributed by atoms with Gasteiger partial charge in [-0.1, -0.05) is 35.8 Å². The van der Waals surface area contributed by atoms with Crippen molar-refractivity contribution in [1.82, 2.24) is 4.98 Å². The van der Waals surface area contributed by atoms with E-state index in [-0.39, 0.29) is 5.91 Å². The van der Waals surface area contributed by atoms with E-state index in [9.17, 15) is 4.79 Å². The number of nitrogens with zero attached hydrogens (tertiary/aromatic N) is 2. The molecule has 0 aliphatic heterocycles. The fourth-order valence-corrected chi connectivity index (χ4v) is 2.32. The Bertz CT molecular complexity index is 581. The standard InChI is InChI=1S/C17H19BrN2O/c1-13(2)11-17(21)20(12-15-5-3-4-10-19-15)16-8-6-14(18)7-9-16/h3-10,13H,11-12H2,1-2H3. The number of anilines is 1. The predicted molar refractivity (Wildman–Crippen MR) is 89.0 cm³/mol. The van der Waals surface area contributed by atoms with Crippen LogP contribution in [0.2, 0.25) is 0 Å². The maximum atomic E-state index is 12.5. The summed E-state index contributed by atoms with van der Waals surface area (Å²) in [6, 6.07) is 13.6. The normalized spacial score (nSPS) is 10.7. The molecule has 2 rings (SSSR count). The van der Waals surface area contributed by atoms with Gasteiger partial charge in [0.2, 0.25) is 5.91 Å². The number of pyridine rings is 1. The second-order valence-electron chi connectivity index (χ2n) is 5.38. The third kappa shape index (κ3) is 4.67. The van der Waals surface area contributed by atoms with Gasteiger partial charge in [-0.2, -0.15) is 0 Å². The van der Waals surface area contributed by atoms with Gasteiger partial charge in [0.05, 0.1) is 12.2 Å². The minimum Gasteiger partial charge on any atom is -0.306 e. The van der Waals surface area contributed by atoms with Crippen LogP contribution in [0.3, 0.4) is 0 Å². The number of aromatic nitrogens is 1. The molecular weight excluding hydrogens is 328 g/mol. The molecule has 0 aliphatic rings. The first-order valence-electron chi connectivity index (χ1n) is 7.02. The molecule has 0 bridgehead atoms. The van der Waals surface area contributed by atoms with Gasteiger partial charge < -0.3 is 4.90 Å². The van der Waals surface area contributed by atoms with Crippen LogP contribution in [0, 0.1) is 5.92 Å². The van der Waals surface area contributed by atoms with Crippen LogP contribution in [0.15, 0.2) is 53.1 Å².